The van der Waals surface area contributed by atoms with E-state index in [1.54, 1.807) is 0 Å². The van der Waals surface area contributed by atoms with E-state index < -0.39 is 22.8 Å². The van der Waals surface area contributed by atoms with E-state index in [-0.39, 0.29) is 21.1 Å². The van der Waals surface area contributed by atoms with Crippen molar-refractivity contribution in [1.29, 1.82) is 0 Å². The molecule has 12 nitrogen and oxygen atoms in total. The molecule has 4 saturated heterocycles. The van der Waals surface area contributed by atoms with Crippen molar-refractivity contribution < 1.29 is 76.7 Å². The molecular weight excluding hydrogens is 668 g/mol. The fourth-order valence-electron chi connectivity index (χ4n) is 0.320. The van der Waals surface area contributed by atoms with Gasteiger partial charge in [0.05, 0.1) is 46.7 Å². The molecule has 4 rings (SSSR count). The summed E-state index contributed by atoms with van der Waals surface area (Å²) in [6.07, 6.45) is 0. The van der Waals surface area contributed by atoms with Gasteiger partial charge in [-0.15, -0.1) is 0 Å². The molecule has 0 saturated carbocycles. The summed E-state index contributed by atoms with van der Waals surface area (Å²) in [5.41, 5.74) is -10.8. The minimum Gasteiger partial charge on any atom is -0.789 e. The molecule has 0 radical (unpaired) electrons. The minimum atomic E-state index is -2.69. The van der Waals surface area contributed by atoms with Gasteiger partial charge in [-0.25, -0.2) is 0 Å². The molecule has 4 aliphatic heterocycles. The van der Waals surface area contributed by atoms with Crippen LogP contribution < -0.4 is 19.6 Å². The number of hydrogen-bond acceptors (Lipinski definition) is 20. The molecule has 25 heavy (non-hydrogen) atoms. The molecule has 0 aromatic heterocycles. The third kappa shape index (κ3) is 14.8. The summed E-state index contributed by atoms with van der Waals surface area (Å²) in [5.74, 6) is 0. The predicted molar refractivity (Wildman–Crippen MR) is 96.2 cm³/mol. The maximum Gasteiger partial charge on any atom is 4.00 e. The van der Waals surface area contributed by atoms with Crippen LogP contribution >= 0.6 is 69.4 Å². The first-order chi connectivity index (χ1) is 10.8. The van der Waals surface area contributed by atoms with Crippen LogP contribution in [0.15, 0.2) is 0 Å². The Morgan fingerprint density at radius 2 is 0.560 bits per heavy atom. The summed E-state index contributed by atoms with van der Waals surface area (Å²) in [6, 6.07) is 0. The van der Waals surface area contributed by atoms with Gasteiger partial charge in [-0.1, -0.05) is 47.2 Å². The van der Waals surface area contributed by atoms with Crippen molar-refractivity contribution in [3.63, 3.8) is 0 Å². The first kappa shape index (κ1) is 29.2. The maximum absolute atomic E-state index is 10.1. The molecule has 4 heterocycles. The Balaban J connectivity index is 0.000000303. The van der Waals surface area contributed by atoms with Crippen molar-refractivity contribution in [3.8, 4) is 0 Å². The van der Waals surface area contributed by atoms with Crippen molar-refractivity contribution in [2.75, 3.05) is 0 Å². The van der Waals surface area contributed by atoms with E-state index in [4.69, 9.17) is 0 Å². The van der Waals surface area contributed by atoms with Gasteiger partial charge in [0.1, 0.15) is 22.8 Å². The molecule has 146 valence electrons. The van der Waals surface area contributed by atoms with Crippen LogP contribution in [-0.2, 0) is 104 Å². The molecule has 0 aromatic rings. The normalized spacial score (nSPS) is 43.0. The van der Waals surface area contributed by atoms with Crippen molar-refractivity contribution in [1.82, 2.24) is 0 Å². The van der Waals surface area contributed by atoms with Gasteiger partial charge in [-0.3, -0.25) is 0 Å². The summed E-state index contributed by atoms with van der Waals surface area (Å²) in [6.45, 7) is 0. The Hall–Kier alpha value is 4.21. The third-order valence-electron chi connectivity index (χ3n) is 0.974. The van der Waals surface area contributed by atoms with Crippen molar-refractivity contribution >= 4 is 117 Å². The Morgan fingerprint density at radius 3 is 0.560 bits per heavy atom. The molecule has 0 N–H and O–H groups in total. The van der Waals surface area contributed by atoms with E-state index in [1.807, 2.05) is 0 Å². The second-order valence-corrected chi connectivity index (χ2v) is 24.1. The summed E-state index contributed by atoms with van der Waals surface area (Å²) in [5, 5.41) is 0. The van der Waals surface area contributed by atoms with Gasteiger partial charge in [0.25, 0.3) is 0 Å². The van der Waals surface area contributed by atoms with Gasteiger partial charge in [-0.05, 0) is 0 Å². The Labute approximate surface area is 191 Å². The second kappa shape index (κ2) is 12.9. The SMILES string of the molecule is [Mo+4].[O-]P1(=S)OOS1.[O-]P1(=S)OOS1.[O-]P1(=S)OOS1.[O-]P1(=S)OOS1. The minimum absolute atomic E-state index is 0. The quantitative estimate of drug-likeness (QED) is 0.153. The van der Waals surface area contributed by atoms with Gasteiger partial charge < -0.3 is 19.6 Å². The van der Waals surface area contributed by atoms with Crippen LogP contribution in [0.5, 0.6) is 0 Å². The summed E-state index contributed by atoms with van der Waals surface area (Å²) < 4.78 is 31.8. The average molecular weight is 668 g/mol. The van der Waals surface area contributed by atoms with Crippen LogP contribution in [0.4, 0.5) is 0 Å². The number of rotatable bonds is 0. The van der Waals surface area contributed by atoms with Crippen molar-refractivity contribution in [2.24, 2.45) is 0 Å². The Morgan fingerprint density at radius 1 is 0.480 bits per heavy atom. The van der Waals surface area contributed by atoms with Crippen molar-refractivity contribution in [2.45, 2.75) is 0 Å². The topological polar surface area (TPSA) is 166 Å². The molecule has 0 aromatic carbocycles. The van der Waals surface area contributed by atoms with E-state index in [9.17, 15) is 19.6 Å². The summed E-state index contributed by atoms with van der Waals surface area (Å²) in [7, 11) is 0. The molecule has 4 atom stereocenters. The van der Waals surface area contributed by atoms with Crippen LogP contribution in [0, 0.1) is 0 Å². The van der Waals surface area contributed by atoms with Gasteiger partial charge in [0, 0.05) is 0 Å². The van der Waals surface area contributed by atoms with Gasteiger partial charge in [-0.2, -0.15) is 36.0 Å². The molecule has 0 bridgehead atoms. The standard InChI is InChI=1S/Mo.4HO3PS2/c;4*1-4(5)2-3-6-4/h;4*(H,1,5)/q+4;;;;/p-4. The van der Waals surface area contributed by atoms with Crippen LogP contribution in [0.1, 0.15) is 0 Å². The van der Waals surface area contributed by atoms with E-state index in [0.29, 0.717) is 46.7 Å². The Kier molecular flexibility index (Phi) is 15.1. The van der Waals surface area contributed by atoms with E-state index in [0.717, 1.165) is 0 Å². The van der Waals surface area contributed by atoms with Gasteiger partial charge in [0.15, 0.2) is 0 Å². The maximum atomic E-state index is 10.1. The molecule has 4 fully saturated rings. The molecule has 0 spiro atoms. The largest absolute Gasteiger partial charge is 4.00 e. The second-order valence-electron chi connectivity index (χ2n) is 2.66. The number of hydrogen-bond donors (Lipinski definition) is 0. The van der Waals surface area contributed by atoms with Crippen LogP contribution in [0.25, 0.3) is 0 Å². The monoisotopic (exact) mass is 670 g/mol. The van der Waals surface area contributed by atoms with Crippen LogP contribution in [0.3, 0.4) is 0 Å². The van der Waals surface area contributed by atoms with E-state index >= 15 is 0 Å². The zero-order chi connectivity index (χ0) is 18.5. The van der Waals surface area contributed by atoms with Crippen LogP contribution in [-0.4, -0.2) is 0 Å². The van der Waals surface area contributed by atoms with E-state index in [1.165, 1.54) is 0 Å². The van der Waals surface area contributed by atoms with Gasteiger partial charge in [0.2, 0.25) is 0 Å². The van der Waals surface area contributed by atoms with Crippen LogP contribution in [0.2, 0.25) is 0 Å². The predicted octanol–water partition coefficient (Wildman–Crippen LogP) is 0.722. The van der Waals surface area contributed by atoms with E-state index in [2.05, 4.69) is 83.3 Å². The summed E-state index contributed by atoms with van der Waals surface area (Å²) in [4.78, 5) is 40.4. The molecule has 25 heteroatoms. The first-order valence-corrected chi connectivity index (χ1v) is 20.2. The molecule has 4 aliphatic rings. The molecule has 0 aliphatic carbocycles. The van der Waals surface area contributed by atoms with Crippen molar-refractivity contribution in [3.05, 3.63) is 0 Å². The fraction of sp³-hybridized carbons (Fsp3) is 0. The third-order valence-corrected chi connectivity index (χ3v) is 10.2. The molecule has 4 unspecified atom stereocenters. The Bertz CT molecular complexity index is 474. The first-order valence-electron chi connectivity index (χ1n) is 4.25. The zero-order valence-electron chi connectivity index (χ0n) is 10.4. The average Bonchev–Trinajstić information content (AvgIpc) is 2.34. The summed E-state index contributed by atoms with van der Waals surface area (Å²) >= 11 is 19.8. The zero-order valence-corrected chi connectivity index (χ0v) is 22.5. The molecular formula is MoO12P4S8. The smallest absolute Gasteiger partial charge is 0.789 e. The molecule has 0 amide bonds. The van der Waals surface area contributed by atoms with Gasteiger partial charge >= 0.3 is 21.1 Å². The fourth-order valence-corrected chi connectivity index (χ4v) is 4.67.